The first-order chi connectivity index (χ1) is 23.8. The second kappa shape index (κ2) is 14.5. The summed E-state index contributed by atoms with van der Waals surface area (Å²) >= 11 is 0. The van der Waals surface area contributed by atoms with Crippen LogP contribution in [0, 0.1) is 0 Å². The van der Waals surface area contributed by atoms with E-state index in [1.54, 1.807) is 0 Å². The maximum absolute atomic E-state index is 13.8. The summed E-state index contributed by atoms with van der Waals surface area (Å²) in [7, 11) is -6.41. The second-order valence-electron chi connectivity index (χ2n) is 12.6. The number of carbonyl (C=O) groups excluding carboxylic acids is 1. The van der Waals surface area contributed by atoms with E-state index in [1.165, 1.54) is 31.1 Å². The number of esters is 1. The molecule has 1 aliphatic rings. The third-order valence-electron chi connectivity index (χ3n) is 9.83. The number of hydrogen-bond donors (Lipinski definition) is 0. The average molecular weight is 660 g/mol. The van der Waals surface area contributed by atoms with E-state index >= 15 is 0 Å². The Balaban J connectivity index is 1.73. The summed E-state index contributed by atoms with van der Waals surface area (Å²) in [5, 5.41) is 7.82. The molecule has 1 saturated heterocycles. The van der Waals surface area contributed by atoms with E-state index in [2.05, 4.69) is 186 Å². The lowest BCUT2D eigenvalue weighted by Gasteiger charge is -2.57. The number of ether oxygens (including phenoxy) is 1. The smallest absolute Gasteiger partial charge is 0.307 e. The van der Waals surface area contributed by atoms with Gasteiger partial charge < -0.3 is 8.97 Å². The van der Waals surface area contributed by atoms with Crippen LogP contribution in [0.15, 0.2) is 182 Å². The molecule has 0 saturated carbocycles. The maximum atomic E-state index is 13.8. The molecule has 0 spiro atoms. The molecule has 6 aromatic rings. The summed E-state index contributed by atoms with van der Waals surface area (Å²) in [5.41, 5.74) is 0. The van der Waals surface area contributed by atoms with Crippen molar-refractivity contribution >= 4 is 53.6 Å². The molecule has 238 valence electrons. The van der Waals surface area contributed by atoms with Crippen LogP contribution in [-0.2, 0) is 9.53 Å². The number of rotatable bonds is 9. The van der Waals surface area contributed by atoms with Crippen LogP contribution in [0.1, 0.15) is 25.7 Å². The van der Waals surface area contributed by atoms with E-state index in [4.69, 9.17) is 4.74 Å². The summed E-state index contributed by atoms with van der Waals surface area (Å²) in [6, 6.07) is 66.8. The van der Waals surface area contributed by atoms with Crippen molar-refractivity contribution < 1.29 is 9.53 Å². The predicted octanol–water partition coefficient (Wildman–Crippen LogP) is 5.11. The first-order valence-corrected chi connectivity index (χ1v) is 20.9. The molecule has 0 N–H and O–H groups in total. The Morgan fingerprint density at radius 3 is 1.02 bits per heavy atom. The van der Waals surface area contributed by atoms with Crippen molar-refractivity contribution in [2.75, 3.05) is 6.61 Å². The molecule has 1 unspecified atom stereocenters. The quantitative estimate of drug-likeness (QED) is 0.123. The molecule has 1 heterocycles. The van der Waals surface area contributed by atoms with Crippen molar-refractivity contribution in [2.24, 2.45) is 0 Å². The molecule has 1 aliphatic heterocycles. The Hall–Kier alpha value is -4.82. The molecule has 3 nitrogen and oxygen atoms in total. The van der Waals surface area contributed by atoms with Crippen LogP contribution < -0.4 is 31.1 Å². The van der Waals surface area contributed by atoms with Crippen LogP contribution in [0.3, 0.4) is 0 Å². The zero-order chi connectivity index (χ0) is 32.7. The highest BCUT2D eigenvalue weighted by molar-refractivity contribution is 7.22. The fraction of sp³-hybridized carbons (Fsp3) is 0.140. The van der Waals surface area contributed by atoms with Crippen LogP contribution in [-0.4, -0.2) is 39.3 Å². The van der Waals surface area contributed by atoms with Gasteiger partial charge in [-0.05, 0) is 50.4 Å². The topological polar surface area (TPSA) is 29.5 Å². The normalized spacial score (nSPS) is 15.7. The Morgan fingerprint density at radius 2 is 0.729 bits per heavy atom. The minimum absolute atomic E-state index is 0.0858. The van der Waals surface area contributed by atoms with Crippen LogP contribution in [0.25, 0.3) is 0 Å². The van der Waals surface area contributed by atoms with Gasteiger partial charge >= 0.3 is 5.97 Å². The Labute approximate surface area is 286 Å². The summed E-state index contributed by atoms with van der Waals surface area (Å²) in [6.45, 7) is 0.489. The van der Waals surface area contributed by atoms with Crippen molar-refractivity contribution in [3.63, 3.8) is 0 Å². The lowest BCUT2D eigenvalue weighted by atomic mass is 10.1. The van der Waals surface area contributed by atoms with E-state index in [0.717, 1.165) is 19.3 Å². The number of benzene rings is 6. The van der Waals surface area contributed by atoms with Gasteiger partial charge in [-0.25, -0.2) is 0 Å². The van der Waals surface area contributed by atoms with E-state index in [-0.39, 0.29) is 12.0 Å². The number of cyclic esters (lactones) is 1. The molecule has 0 bridgehead atoms. The van der Waals surface area contributed by atoms with Gasteiger partial charge in [-0.1, -0.05) is 182 Å². The van der Waals surface area contributed by atoms with Gasteiger partial charge in [0.05, 0.1) is 13.0 Å². The molecule has 0 radical (unpaired) electrons. The maximum Gasteiger partial charge on any atom is 0.307 e. The van der Waals surface area contributed by atoms with Crippen LogP contribution in [0.2, 0.25) is 0 Å². The van der Waals surface area contributed by atoms with Gasteiger partial charge in [0.15, 0.2) is 0 Å². The van der Waals surface area contributed by atoms with Gasteiger partial charge in [-0.15, -0.1) is 0 Å². The largest absolute Gasteiger partial charge is 0.466 e. The molecule has 0 aromatic heterocycles. The van der Waals surface area contributed by atoms with Gasteiger partial charge in [0, 0.05) is 6.04 Å². The second-order valence-corrected chi connectivity index (χ2v) is 20.3. The third kappa shape index (κ3) is 5.79. The minimum atomic E-state index is -3.21. The third-order valence-corrected chi connectivity index (χ3v) is 21.0. The van der Waals surface area contributed by atoms with Gasteiger partial charge in [-0.3, -0.25) is 4.79 Å². The lowest BCUT2D eigenvalue weighted by molar-refractivity contribution is -0.145. The van der Waals surface area contributed by atoms with Crippen LogP contribution >= 0.6 is 0 Å². The van der Waals surface area contributed by atoms with Crippen LogP contribution in [0.4, 0.5) is 0 Å². The number of hydrogen-bond acceptors (Lipinski definition) is 3. The minimum Gasteiger partial charge on any atom is -0.466 e. The predicted molar refractivity (Wildman–Crippen MR) is 203 cm³/mol. The van der Waals surface area contributed by atoms with Crippen molar-refractivity contribution in [3.8, 4) is 0 Å². The number of nitrogens with zero attached hydrogens (tertiary/aromatic N) is 1. The molecular weight excluding hydrogens is 619 g/mol. The molecule has 1 fully saturated rings. The molecule has 5 heteroatoms. The Morgan fingerprint density at radius 1 is 0.438 bits per heavy atom. The van der Waals surface area contributed by atoms with Crippen molar-refractivity contribution in [3.05, 3.63) is 182 Å². The van der Waals surface area contributed by atoms with Crippen molar-refractivity contribution in [2.45, 2.75) is 31.7 Å². The monoisotopic (exact) mass is 659 g/mol. The van der Waals surface area contributed by atoms with Gasteiger partial charge in [-0.2, -0.15) is 0 Å². The zero-order valence-corrected chi connectivity index (χ0v) is 29.2. The molecule has 6 aromatic carbocycles. The van der Waals surface area contributed by atoms with Gasteiger partial charge in [0.1, 0.15) is 0 Å². The van der Waals surface area contributed by atoms with Crippen molar-refractivity contribution in [1.82, 2.24) is 4.23 Å². The highest BCUT2D eigenvalue weighted by Crippen LogP contribution is 2.30. The Kier molecular flexibility index (Phi) is 9.61. The first kappa shape index (κ1) is 31.8. The highest BCUT2D eigenvalue weighted by Gasteiger charge is 2.59. The fourth-order valence-electron chi connectivity index (χ4n) is 7.95. The molecule has 0 aliphatic carbocycles. The fourth-order valence-corrected chi connectivity index (χ4v) is 21.5. The first-order valence-electron chi connectivity index (χ1n) is 17.0. The van der Waals surface area contributed by atoms with E-state index < -0.39 is 16.5 Å². The van der Waals surface area contributed by atoms with Gasteiger partial charge in [0.2, 0.25) is 16.5 Å². The zero-order valence-electron chi connectivity index (χ0n) is 27.2. The summed E-state index contributed by atoms with van der Waals surface area (Å²) in [4.78, 5) is 13.8. The molecular formula is C43H41NO2Si2. The van der Waals surface area contributed by atoms with E-state index in [9.17, 15) is 4.79 Å². The van der Waals surface area contributed by atoms with Gasteiger partial charge in [0.25, 0.3) is 0 Å². The summed E-state index contributed by atoms with van der Waals surface area (Å²) in [6.07, 6.45) is 3.09. The van der Waals surface area contributed by atoms with E-state index in [0.29, 0.717) is 13.0 Å². The summed E-state index contributed by atoms with van der Waals surface area (Å²) in [5.74, 6) is -0.112. The lowest BCUT2D eigenvalue weighted by Crippen LogP contribution is -2.92. The van der Waals surface area contributed by atoms with E-state index in [1.807, 2.05) is 0 Å². The Bertz CT molecular complexity index is 1570. The standard InChI is InChI=1S/C43H41NO2Si2/c45-43-35-36(21-19-20-34-46-43)44(47(37-22-7-1-8-23-37,38-24-9-2-10-25-38)39-26-11-3-12-27-39)48(40-28-13-4-14-29-40,41-30-15-5-16-31-41)42-32-17-6-18-33-42/h1-18,22-33,36H,19-21,34-35H2. The van der Waals surface area contributed by atoms with Crippen molar-refractivity contribution in [1.29, 1.82) is 0 Å². The SMILES string of the molecule is O=C1CC(N([Si](c2ccccc2)(c2ccccc2)c2ccccc2)[Si](c2ccccc2)(c2ccccc2)c2ccccc2)CCCCO1. The molecule has 48 heavy (non-hydrogen) atoms. The molecule has 0 amide bonds. The molecule has 7 rings (SSSR count). The number of carbonyl (C=O) groups is 1. The van der Waals surface area contributed by atoms with Crippen LogP contribution in [0.5, 0.6) is 0 Å². The molecule has 1 atom stereocenters. The summed E-state index contributed by atoms with van der Waals surface area (Å²) < 4.78 is 8.87. The average Bonchev–Trinajstić information content (AvgIpc) is 3.16. The highest BCUT2D eigenvalue weighted by atomic mass is 28.4.